The molecule has 134 valence electrons. The normalized spacial score (nSPS) is 11.4. The highest BCUT2D eigenvalue weighted by Gasteiger charge is 2.34. The first-order valence-corrected chi connectivity index (χ1v) is 8.16. The monoisotopic (exact) mass is 377 g/mol. The summed E-state index contributed by atoms with van der Waals surface area (Å²) >= 11 is 5.93. The lowest BCUT2D eigenvalue weighted by Gasteiger charge is -2.16. The molecule has 0 heterocycles. The van der Waals surface area contributed by atoms with E-state index < -0.39 is 17.4 Å². The number of ether oxygens (including phenoxy) is 1. The fraction of sp³-hybridized carbons (Fsp3) is 0.100. The number of benzene rings is 3. The molecule has 6 heteroatoms. The summed E-state index contributed by atoms with van der Waals surface area (Å²) in [5.41, 5.74) is 5.82. The van der Waals surface area contributed by atoms with Gasteiger partial charge < -0.3 is 10.5 Å². The Morgan fingerprint density at radius 1 is 0.923 bits per heavy atom. The van der Waals surface area contributed by atoms with Gasteiger partial charge in [0.15, 0.2) is 0 Å². The maximum atomic E-state index is 13.2. The first-order valence-electron chi connectivity index (χ1n) is 7.78. The van der Waals surface area contributed by atoms with Crippen LogP contribution < -0.4 is 10.5 Å². The molecule has 3 aromatic carbocycles. The molecule has 0 saturated carbocycles. The van der Waals surface area contributed by atoms with Crippen molar-refractivity contribution in [2.24, 2.45) is 0 Å². The Morgan fingerprint density at radius 3 is 2.27 bits per heavy atom. The summed E-state index contributed by atoms with van der Waals surface area (Å²) < 4.78 is 45.5. The summed E-state index contributed by atoms with van der Waals surface area (Å²) in [7, 11) is 0. The van der Waals surface area contributed by atoms with Gasteiger partial charge in [0.25, 0.3) is 0 Å². The van der Waals surface area contributed by atoms with E-state index in [1.54, 1.807) is 24.3 Å². The van der Waals surface area contributed by atoms with Crippen LogP contribution in [0, 0.1) is 0 Å². The van der Waals surface area contributed by atoms with Crippen LogP contribution in [0.2, 0.25) is 5.02 Å². The molecular formula is C20H15ClF3NO. The van der Waals surface area contributed by atoms with Gasteiger partial charge in [-0.25, -0.2) is 0 Å². The molecule has 0 aliphatic heterocycles. The third-order valence-corrected chi connectivity index (χ3v) is 4.18. The second-order valence-electron chi connectivity index (χ2n) is 5.69. The number of nitrogens with two attached hydrogens (primary N) is 1. The highest BCUT2D eigenvalue weighted by Crippen LogP contribution is 2.41. The van der Waals surface area contributed by atoms with Crippen LogP contribution in [0.15, 0.2) is 66.7 Å². The minimum absolute atomic E-state index is 0.146. The van der Waals surface area contributed by atoms with Crippen molar-refractivity contribution in [3.8, 4) is 16.9 Å². The number of alkyl halides is 3. The number of nitrogen functional groups attached to an aromatic ring is 1. The molecule has 0 aliphatic rings. The molecule has 2 N–H and O–H groups in total. The van der Waals surface area contributed by atoms with Crippen molar-refractivity contribution in [1.29, 1.82) is 0 Å². The molecule has 3 aromatic rings. The highest BCUT2D eigenvalue weighted by molar-refractivity contribution is 6.33. The number of hydrogen-bond donors (Lipinski definition) is 1. The van der Waals surface area contributed by atoms with Crippen molar-refractivity contribution in [3.05, 3.63) is 82.9 Å². The Morgan fingerprint density at radius 2 is 1.58 bits per heavy atom. The summed E-state index contributed by atoms with van der Waals surface area (Å²) in [4.78, 5) is 0. The fourth-order valence-electron chi connectivity index (χ4n) is 2.57. The molecule has 0 amide bonds. The first kappa shape index (κ1) is 18.1. The third kappa shape index (κ3) is 3.94. The average molecular weight is 378 g/mol. The van der Waals surface area contributed by atoms with Gasteiger partial charge in [0.1, 0.15) is 12.4 Å². The van der Waals surface area contributed by atoms with Gasteiger partial charge in [0, 0.05) is 5.56 Å². The number of para-hydroxylation sites is 1. The van der Waals surface area contributed by atoms with Gasteiger partial charge >= 0.3 is 6.18 Å². The fourth-order valence-corrected chi connectivity index (χ4v) is 2.79. The predicted molar refractivity (Wildman–Crippen MR) is 97.1 cm³/mol. The van der Waals surface area contributed by atoms with Crippen molar-refractivity contribution in [1.82, 2.24) is 0 Å². The molecule has 26 heavy (non-hydrogen) atoms. The van der Waals surface area contributed by atoms with Crippen LogP contribution >= 0.6 is 11.6 Å². The molecule has 0 radical (unpaired) electrons. The minimum Gasteiger partial charge on any atom is -0.488 e. The Labute approximate surface area is 154 Å². The van der Waals surface area contributed by atoms with Gasteiger partial charge in [-0.15, -0.1) is 0 Å². The quantitative estimate of drug-likeness (QED) is 0.550. The first-order chi connectivity index (χ1) is 12.4. The number of rotatable bonds is 4. The molecule has 0 aliphatic carbocycles. The van der Waals surface area contributed by atoms with E-state index in [2.05, 4.69) is 0 Å². The summed E-state index contributed by atoms with van der Waals surface area (Å²) in [6.07, 6.45) is -4.59. The smallest absolute Gasteiger partial charge is 0.418 e. The van der Waals surface area contributed by atoms with Crippen LogP contribution in [0.1, 0.15) is 11.1 Å². The van der Waals surface area contributed by atoms with Crippen LogP contribution in [0.25, 0.3) is 11.1 Å². The SMILES string of the molecule is Nc1c(Cl)cc(-c2ccccc2OCc2ccccc2)cc1C(F)(F)F. The molecule has 0 fully saturated rings. The van der Waals surface area contributed by atoms with E-state index in [0.29, 0.717) is 23.5 Å². The minimum atomic E-state index is -4.59. The predicted octanol–water partition coefficient (Wildman–Crippen LogP) is 6.19. The third-order valence-electron chi connectivity index (χ3n) is 3.87. The van der Waals surface area contributed by atoms with Crippen LogP contribution in [-0.2, 0) is 12.8 Å². The van der Waals surface area contributed by atoms with Crippen molar-refractivity contribution >= 4 is 17.3 Å². The molecule has 0 saturated heterocycles. The molecule has 0 aromatic heterocycles. The summed E-state index contributed by atoms with van der Waals surface area (Å²) in [6, 6.07) is 18.8. The zero-order chi connectivity index (χ0) is 18.7. The van der Waals surface area contributed by atoms with Gasteiger partial charge in [-0.3, -0.25) is 0 Å². The van der Waals surface area contributed by atoms with E-state index in [-0.39, 0.29) is 5.02 Å². The zero-order valence-electron chi connectivity index (χ0n) is 13.6. The highest BCUT2D eigenvalue weighted by atomic mass is 35.5. The van der Waals surface area contributed by atoms with Crippen molar-refractivity contribution in [2.45, 2.75) is 12.8 Å². The van der Waals surface area contributed by atoms with Crippen LogP contribution in [0.5, 0.6) is 5.75 Å². The van der Waals surface area contributed by atoms with E-state index in [1.165, 1.54) is 6.07 Å². The Kier molecular flexibility index (Phi) is 5.09. The standard InChI is InChI=1S/C20H15ClF3NO/c21-17-11-14(10-16(19(17)25)20(22,23)24)15-8-4-5-9-18(15)26-12-13-6-2-1-3-7-13/h1-11H,12,25H2. The zero-order valence-corrected chi connectivity index (χ0v) is 14.3. The topological polar surface area (TPSA) is 35.2 Å². The van der Waals surface area contributed by atoms with Crippen molar-refractivity contribution < 1.29 is 17.9 Å². The molecule has 0 atom stereocenters. The molecule has 2 nitrogen and oxygen atoms in total. The summed E-state index contributed by atoms with van der Waals surface area (Å²) in [5, 5.41) is -0.146. The van der Waals surface area contributed by atoms with Gasteiger partial charge in [-0.1, -0.05) is 60.1 Å². The lowest BCUT2D eigenvalue weighted by atomic mass is 10.0. The van der Waals surface area contributed by atoms with Crippen molar-refractivity contribution in [2.75, 3.05) is 5.73 Å². The molecule has 0 spiro atoms. The van der Waals surface area contributed by atoms with Crippen LogP contribution in [-0.4, -0.2) is 0 Å². The maximum absolute atomic E-state index is 13.2. The molecule has 0 unspecified atom stereocenters. The maximum Gasteiger partial charge on any atom is 0.418 e. The lowest BCUT2D eigenvalue weighted by molar-refractivity contribution is -0.136. The van der Waals surface area contributed by atoms with E-state index >= 15 is 0 Å². The van der Waals surface area contributed by atoms with E-state index in [9.17, 15) is 13.2 Å². The lowest BCUT2D eigenvalue weighted by Crippen LogP contribution is -2.09. The van der Waals surface area contributed by atoms with E-state index in [0.717, 1.165) is 11.6 Å². The number of hydrogen-bond acceptors (Lipinski definition) is 2. The average Bonchev–Trinajstić information content (AvgIpc) is 2.62. The number of halogens is 4. The van der Waals surface area contributed by atoms with Gasteiger partial charge in [-0.05, 0) is 29.3 Å². The van der Waals surface area contributed by atoms with Gasteiger partial charge in [-0.2, -0.15) is 13.2 Å². The largest absolute Gasteiger partial charge is 0.488 e. The van der Waals surface area contributed by atoms with Gasteiger partial charge in [0.2, 0.25) is 0 Å². The number of anilines is 1. The Hall–Kier alpha value is -2.66. The molecular weight excluding hydrogens is 363 g/mol. The second kappa shape index (κ2) is 7.30. The molecule has 3 rings (SSSR count). The van der Waals surface area contributed by atoms with Crippen molar-refractivity contribution in [3.63, 3.8) is 0 Å². The second-order valence-corrected chi connectivity index (χ2v) is 6.09. The van der Waals surface area contributed by atoms with Gasteiger partial charge in [0.05, 0.1) is 16.3 Å². The summed E-state index contributed by atoms with van der Waals surface area (Å²) in [6.45, 7) is 0.298. The van der Waals surface area contributed by atoms with Crippen LogP contribution in [0.3, 0.4) is 0 Å². The van der Waals surface area contributed by atoms with E-state index in [4.69, 9.17) is 22.1 Å². The van der Waals surface area contributed by atoms with Crippen LogP contribution in [0.4, 0.5) is 18.9 Å². The summed E-state index contributed by atoms with van der Waals surface area (Å²) in [5.74, 6) is 0.463. The Balaban J connectivity index is 1.99. The molecule has 0 bridgehead atoms. The Bertz CT molecular complexity index is 911. The van der Waals surface area contributed by atoms with E-state index in [1.807, 2.05) is 30.3 Å².